The van der Waals surface area contributed by atoms with Gasteiger partial charge in [0.25, 0.3) is 0 Å². The molecule has 1 heterocycles. The van der Waals surface area contributed by atoms with Crippen molar-refractivity contribution in [2.24, 2.45) is 11.3 Å². The number of fused-ring (bicyclic) bond motifs is 2. The first-order valence-corrected chi connectivity index (χ1v) is 7.27. The Morgan fingerprint density at radius 2 is 1.22 bits per heavy atom. The van der Waals surface area contributed by atoms with E-state index in [9.17, 15) is 9.59 Å². The number of hydrazine groups is 1. The lowest BCUT2D eigenvalue weighted by atomic mass is 9.90. The lowest BCUT2D eigenvalue weighted by molar-refractivity contribution is -0.135. The summed E-state index contributed by atoms with van der Waals surface area (Å²) in [5.74, 6) is 5.45. The van der Waals surface area contributed by atoms with E-state index in [1.54, 1.807) is 38.1 Å². The van der Waals surface area contributed by atoms with Crippen molar-refractivity contribution < 1.29 is 9.59 Å². The average Bonchev–Trinajstić information content (AvgIpc) is 2.54. The van der Waals surface area contributed by atoms with Crippen LogP contribution < -0.4 is 21.5 Å². The number of carbonyl (C=O) groups excluding carboxylic acids is 2. The minimum atomic E-state index is -1.23. The number of carbonyl (C=O) groups is 2. The molecule has 0 aliphatic carbocycles. The molecule has 0 bridgehead atoms. The predicted octanol–water partition coefficient (Wildman–Crippen LogP) is 2.62. The molecule has 0 atom stereocenters. The van der Waals surface area contributed by atoms with Crippen LogP contribution in [0.5, 0.6) is 0 Å². The third-order valence-corrected chi connectivity index (χ3v) is 3.96. The molecule has 2 aromatic rings. The zero-order valence-electron chi connectivity index (χ0n) is 13.0. The van der Waals surface area contributed by atoms with Crippen LogP contribution in [0.3, 0.4) is 0 Å². The van der Waals surface area contributed by atoms with E-state index in [2.05, 4.69) is 10.6 Å². The third kappa shape index (κ3) is 2.53. The molecule has 0 aromatic heterocycles. The average molecular weight is 310 g/mol. The van der Waals surface area contributed by atoms with Crippen molar-refractivity contribution in [2.75, 3.05) is 15.6 Å². The molecule has 118 valence electrons. The van der Waals surface area contributed by atoms with Crippen LogP contribution in [0, 0.1) is 5.41 Å². The lowest BCUT2D eigenvalue weighted by Gasteiger charge is -2.30. The van der Waals surface area contributed by atoms with Gasteiger partial charge in [0, 0.05) is 0 Å². The molecule has 0 spiro atoms. The SMILES string of the molecule is CC1(C)C(=O)Nc2ccccc2N(N)c2ccccc2NC1=O. The van der Waals surface area contributed by atoms with Gasteiger partial charge in [0.1, 0.15) is 5.41 Å². The van der Waals surface area contributed by atoms with Crippen molar-refractivity contribution in [2.45, 2.75) is 13.8 Å². The molecule has 0 radical (unpaired) electrons. The second-order valence-electron chi connectivity index (χ2n) is 5.94. The van der Waals surface area contributed by atoms with Crippen LogP contribution >= 0.6 is 0 Å². The monoisotopic (exact) mass is 310 g/mol. The van der Waals surface area contributed by atoms with Gasteiger partial charge < -0.3 is 10.6 Å². The number of rotatable bonds is 0. The fourth-order valence-corrected chi connectivity index (χ4v) is 2.37. The van der Waals surface area contributed by atoms with Crippen molar-refractivity contribution in [3.8, 4) is 0 Å². The summed E-state index contributed by atoms with van der Waals surface area (Å²) in [5.41, 5.74) is 1.16. The molecule has 0 saturated carbocycles. The maximum Gasteiger partial charge on any atom is 0.239 e. The smallest absolute Gasteiger partial charge is 0.239 e. The van der Waals surface area contributed by atoms with Crippen LogP contribution in [0.25, 0.3) is 0 Å². The van der Waals surface area contributed by atoms with E-state index in [0.717, 1.165) is 0 Å². The molecule has 23 heavy (non-hydrogen) atoms. The van der Waals surface area contributed by atoms with E-state index in [1.165, 1.54) is 5.01 Å². The van der Waals surface area contributed by atoms with Gasteiger partial charge in [-0.05, 0) is 38.1 Å². The number of anilines is 4. The third-order valence-electron chi connectivity index (χ3n) is 3.96. The number of benzene rings is 2. The molecule has 2 aromatic carbocycles. The Kier molecular flexibility index (Phi) is 3.54. The number of para-hydroxylation sites is 4. The zero-order chi connectivity index (χ0) is 16.6. The van der Waals surface area contributed by atoms with E-state index in [4.69, 9.17) is 5.84 Å². The van der Waals surface area contributed by atoms with Gasteiger partial charge in [-0.2, -0.15) is 0 Å². The molecule has 4 N–H and O–H groups in total. The van der Waals surface area contributed by atoms with E-state index in [1.807, 2.05) is 24.3 Å². The van der Waals surface area contributed by atoms with Crippen LogP contribution in [-0.4, -0.2) is 11.8 Å². The van der Waals surface area contributed by atoms with Crippen molar-refractivity contribution in [1.29, 1.82) is 0 Å². The van der Waals surface area contributed by atoms with E-state index >= 15 is 0 Å². The van der Waals surface area contributed by atoms with E-state index in [-0.39, 0.29) is 0 Å². The van der Waals surface area contributed by atoms with Crippen LogP contribution in [-0.2, 0) is 9.59 Å². The largest absolute Gasteiger partial charge is 0.323 e. The Labute approximate surface area is 134 Å². The fraction of sp³-hybridized carbons (Fsp3) is 0.176. The highest BCUT2D eigenvalue weighted by atomic mass is 16.2. The Balaban J connectivity index is 2.22. The molecule has 1 aliphatic rings. The summed E-state index contributed by atoms with van der Waals surface area (Å²) in [6, 6.07) is 14.4. The van der Waals surface area contributed by atoms with Gasteiger partial charge in [-0.3, -0.25) is 14.6 Å². The summed E-state index contributed by atoms with van der Waals surface area (Å²) in [6.07, 6.45) is 0. The molecular formula is C17H18N4O2. The molecule has 6 heteroatoms. The van der Waals surface area contributed by atoms with Crippen molar-refractivity contribution in [1.82, 2.24) is 0 Å². The van der Waals surface area contributed by atoms with Gasteiger partial charge in [0.2, 0.25) is 11.8 Å². The maximum atomic E-state index is 12.5. The van der Waals surface area contributed by atoms with Crippen molar-refractivity contribution in [3.63, 3.8) is 0 Å². The van der Waals surface area contributed by atoms with Crippen LogP contribution in [0.2, 0.25) is 0 Å². The number of hydrogen-bond donors (Lipinski definition) is 3. The highest BCUT2D eigenvalue weighted by molar-refractivity contribution is 6.16. The molecule has 2 amide bonds. The highest BCUT2D eigenvalue weighted by Gasteiger charge is 2.37. The van der Waals surface area contributed by atoms with Gasteiger partial charge in [-0.15, -0.1) is 0 Å². The molecule has 0 unspecified atom stereocenters. The Bertz CT molecular complexity index is 722. The van der Waals surface area contributed by atoms with Gasteiger partial charge in [0.05, 0.1) is 22.7 Å². The first-order chi connectivity index (χ1) is 10.9. The zero-order valence-corrected chi connectivity index (χ0v) is 13.0. The molecule has 0 fully saturated rings. The standard InChI is InChI=1S/C17H18N4O2/c1-17(2)15(22)19-11-7-3-5-9-13(11)21(18)14-10-6-4-8-12(14)20-16(17)23/h3-10H,18H2,1-2H3,(H,19,22)(H,20,23). The van der Waals surface area contributed by atoms with E-state index < -0.39 is 17.2 Å². The Morgan fingerprint density at radius 1 is 0.826 bits per heavy atom. The van der Waals surface area contributed by atoms with Gasteiger partial charge >= 0.3 is 0 Å². The second-order valence-corrected chi connectivity index (χ2v) is 5.94. The second kappa shape index (κ2) is 5.40. The molecule has 1 aliphatic heterocycles. The molecule has 6 nitrogen and oxygen atoms in total. The lowest BCUT2D eigenvalue weighted by Crippen LogP contribution is -2.43. The summed E-state index contributed by atoms with van der Waals surface area (Å²) in [4.78, 5) is 25.0. The summed E-state index contributed by atoms with van der Waals surface area (Å²) >= 11 is 0. The molecule has 0 saturated heterocycles. The van der Waals surface area contributed by atoms with E-state index in [0.29, 0.717) is 22.7 Å². The van der Waals surface area contributed by atoms with Gasteiger partial charge in [-0.1, -0.05) is 24.3 Å². The van der Waals surface area contributed by atoms with Gasteiger partial charge in [0.15, 0.2) is 0 Å². The molecular weight excluding hydrogens is 292 g/mol. The molecule has 3 rings (SSSR count). The number of nitrogens with two attached hydrogens (primary N) is 1. The first-order valence-electron chi connectivity index (χ1n) is 7.27. The van der Waals surface area contributed by atoms with Gasteiger partial charge in [-0.25, -0.2) is 5.84 Å². The van der Waals surface area contributed by atoms with Crippen molar-refractivity contribution >= 4 is 34.6 Å². The Morgan fingerprint density at radius 3 is 1.65 bits per heavy atom. The number of nitrogens with zero attached hydrogens (tertiary/aromatic N) is 1. The van der Waals surface area contributed by atoms with Crippen LogP contribution in [0.4, 0.5) is 22.7 Å². The minimum Gasteiger partial charge on any atom is -0.323 e. The predicted molar refractivity (Wildman–Crippen MR) is 90.3 cm³/mol. The summed E-state index contributed by atoms with van der Waals surface area (Å²) in [5, 5.41) is 7.03. The van der Waals surface area contributed by atoms with Crippen LogP contribution in [0.1, 0.15) is 13.8 Å². The number of hydrogen-bond acceptors (Lipinski definition) is 4. The quantitative estimate of drug-likeness (QED) is 0.515. The van der Waals surface area contributed by atoms with Crippen LogP contribution in [0.15, 0.2) is 48.5 Å². The fourth-order valence-electron chi connectivity index (χ4n) is 2.37. The van der Waals surface area contributed by atoms with Crippen molar-refractivity contribution in [3.05, 3.63) is 48.5 Å². The summed E-state index contributed by atoms with van der Waals surface area (Å²) in [6.45, 7) is 3.18. The Hall–Kier alpha value is -2.86. The summed E-state index contributed by atoms with van der Waals surface area (Å²) in [7, 11) is 0. The normalized spacial score (nSPS) is 16.7. The topological polar surface area (TPSA) is 87.5 Å². The number of amides is 2. The highest BCUT2D eigenvalue weighted by Crippen LogP contribution is 2.36. The summed E-state index contributed by atoms with van der Waals surface area (Å²) < 4.78 is 0. The minimum absolute atomic E-state index is 0.393. The maximum absolute atomic E-state index is 12.5. The first kappa shape index (κ1) is 15.1. The number of nitrogens with one attached hydrogen (secondary N) is 2.